The molecular weight excluding hydrogens is 397 g/mol. The lowest BCUT2D eigenvalue weighted by atomic mass is 9.63. The van der Waals surface area contributed by atoms with Crippen LogP contribution < -0.4 is 4.74 Å². The van der Waals surface area contributed by atoms with Crippen molar-refractivity contribution in [2.45, 2.75) is 18.0 Å². The van der Waals surface area contributed by atoms with Gasteiger partial charge in [0.15, 0.2) is 5.41 Å². The molecule has 1 aliphatic rings. The number of ether oxygens (including phenoxy) is 2. The van der Waals surface area contributed by atoms with Crippen LogP contribution in [0.3, 0.4) is 0 Å². The lowest BCUT2D eigenvalue weighted by Gasteiger charge is -2.54. The molecule has 0 aliphatic carbocycles. The molecular formula is C25H22FNO4. The second-order valence-corrected chi connectivity index (χ2v) is 7.40. The van der Waals surface area contributed by atoms with Crippen LogP contribution in [-0.4, -0.2) is 31.0 Å². The van der Waals surface area contributed by atoms with E-state index in [1.165, 1.54) is 31.4 Å². The van der Waals surface area contributed by atoms with Crippen molar-refractivity contribution in [2.24, 2.45) is 0 Å². The zero-order valence-electron chi connectivity index (χ0n) is 17.2. The van der Waals surface area contributed by atoms with Crippen molar-refractivity contribution >= 4 is 11.9 Å². The number of amides is 1. The van der Waals surface area contributed by atoms with Gasteiger partial charge in [-0.05, 0) is 41.0 Å². The number of hydrogen-bond acceptors (Lipinski definition) is 4. The molecule has 0 unspecified atom stereocenters. The fourth-order valence-corrected chi connectivity index (χ4v) is 4.26. The molecule has 0 N–H and O–H groups in total. The van der Waals surface area contributed by atoms with Crippen LogP contribution in [-0.2, 0) is 26.3 Å². The number of methoxy groups -OCH3 is 2. The zero-order valence-corrected chi connectivity index (χ0v) is 17.2. The second-order valence-electron chi connectivity index (χ2n) is 7.40. The maximum absolute atomic E-state index is 13.6. The Morgan fingerprint density at radius 2 is 1.61 bits per heavy atom. The fourth-order valence-electron chi connectivity index (χ4n) is 4.26. The van der Waals surface area contributed by atoms with Crippen molar-refractivity contribution in [1.29, 1.82) is 0 Å². The minimum atomic E-state index is -1.59. The summed E-state index contributed by atoms with van der Waals surface area (Å²) in [5, 5.41) is 0. The van der Waals surface area contributed by atoms with Crippen molar-refractivity contribution in [3.05, 3.63) is 101 Å². The molecule has 0 saturated carbocycles. The van der Waals surface area contributed by atoms with Crippen LogP contribution in [0, 0.1) is 5.82 Å². The highest BCUT2D eigenvalue weighted by Crippen LogP contribution is 2.53. The van der Waals surface area contributed by atoms with Crippen molar-refractivity contribution in [2.75, 3.05) is 14.2 Å². The second kappa shape index (κ2) is 8.22. The van der Waals surface area contributed by atoms with Gasteiger partial charge in [0.1, 0.15) is 11.6 Å². The maximum Gasteiger partial charge on any atom is 0.328 e. The first-order valence-electron chi connectivity index (χ1n) is 9.85. The number of carbonyl (C=O) groups excluding carboxylic acids is 2. The Hall–Kier alpha value is -3.67. The van der Waals surface area contributed by atoms with Gasteiger partial charge in [-0.25, -0.2) is 4.39 Å². The number of carbonyl (C=O) groups is 2. The summed E-state index contributed by atoms with van der Waals surface area (Å²) in [5.74, 6) is -0.836. The topological polar surface area (TPSA) is 55.8 Å². The molecule has 4 rings (SSSR count). The van der Waals surface area contributed by atoms with Gasteiger partial charge in [-0.3, -0.25) is 9.59 Å². The molecule has 1 heterocycles. The number of β-lactam (4-membered cyclic amide) rings is 1. The number of esters is 1. The predicted octanol–water partition coefficient (Wildman–Crippen LogP) is 4.03. The summed E-state index contributed by atoms with van der Waals surface area (Å²) in [6.45, 7) is 0.330. The normalized spacial score (nSPS) is 20.2. The first kappa shape index (κ1) is 20.6. The average Bonchev–Trinajstić information content (AvgIpc) is 2.82. The lowest BCUT2D eigenvalue weighted by molar-refractivity contribution is -0.179. The standard InChI is InChI=1S/C25H22FNO4/c1-30-21-14-8-18(9-15-21)22-25(24(29)31-2,19-10-12-20(26)13-11-19)23(28)27(22)16-17-6-4-3-5-7-17/h3-15,22H,16H2,1-2H3/t22-,25+/m1/s1. The molecule has 0 bridgehead atoms. The lowest BCUT2D eigenvalue weighted by Crippen LogP contribution is -2.69. The van der Waals surface area contributed by atoms with E-state index >= 15 is 0 Å². The Labute approximate surface area is 180 Å². The van der Waals surface area contributed by atoms with E-state index in [4.69, 9.17) is 9.47 Å². The molecule has 0 aromatic heterocycles. The summed E-state index contributed by atoms with van der Waals surface area (Å²) in [4.78, 5) is 28.4. The van der Waals surface area contributed by atoms with E-state index in [9.17, 15) is 14.0 Å². The summed E-state index contributed by atoms with van der Waals surface area (Å²) in [6.07, 6.45) is 0. The number of halogens is 1. The highest BCUT2D eigenvalue weighted by Gasteiger charge is 2.67. The Bertz CT molecular complexity index is 1080. The summed E-state index contributed by atoms with van der Waals surface area (Å²) in [7, 11) is 2.83. The number of likely N-dealkylation sites (tertiary alicyclic amines) is 1. The van der Waals surface area contributed by atoms with Gasteiger partial charge in [0, 0.05) is 6.54 Å². The first-order valence-corrected chi connectivity index (χ1v) is 9.85. The number of hydrogen-bond donors (Lipinski definition) is 0. The molecule has 1 saturated heterocycles. The Morgan fingerprint density at radius 1 is 0.968 bits per heavy atom. The molecule has 31 heavy (non-hydrogen) atoms. The van der Waals surface area contributed by atoms with E-state index in [0.29, 0.717) is 17.9 Å². The maximum atomic E-state index is 13.6. The Balaban J connectivity index is 1.85. The molecule has 0 spiro atoms. The summed E-state index contributed by atoms with van der Waals surface area (Å²) in [5.41, 5.74) is 0.500. The van der Waals surface area contributed by atoms with E-state index in [1.54, 1.807) is 24.1 Å². The van der Waals surface area contributed by atoms with Crippen molar-refractivity contribution in [3.63, 3.8) is 0 Å². The van der Waals surface area contributed by atoms with Crippen molar-refractivity contribution in [1.82, 2.24) is 4.90 Å². The van der Waals surface area contributed by atoms with Crippen LogP contribution in [0.2, 0.25) is 0 Å². The minimum Gasteiger partial charge on any atom is -0.497 e. The zero-order chi connectivity index (χ0) is 22.0. The van der Waals surface area contributed by atoms with E-state index in [-0.39, 0.29) is 5.91 Å². The van der Waals surface area contributed by atoms with Gasteiger partial charge in [-0.2, -0.15) is 0 Å². The molecule has 1 fully saturated rings. The van der Waals surface area contributed by atoms with Crippen LogP contribution in [0.5, 0.6) is 5.75 Å². The number of benzene rings is 3. The molecule has 5 nitrogen and oxygen atoms in total. The van der Waals surface area contributed by atoms with Crippen molar-refractivity contribution < 1.29 is 23.5 Å². The summed E-state index contributed by atoms with van der Waals surface area (Å²) >= 11 is 0. The third kappa shape index (κ3) is 3.34. The highest BCUT2D eigenvalue weighted by molar-refractivity contribution is 6.14. The molecule has 0 radical (unpaired) electrons. The Morgan fingerprint density at radius 3 is 2.19 bits per heavy atom. The van der Waals surface area contributed by atoms with Gasteiger partial charge in [-0.1, -0.05) is 54.6 Å². The van der Waals surface area contributed by atoms with E-state index in [1.807, 2.05) is 42.5 Å². The average molecular weight is 419 g/mol. The minimum absolute atomic E-state index is 0.330. The third-order valence-corrected chi connectivity index (χ3v) is 5.75. The van der Waals surface area contributed by atoms with Crippen LogP contribution in [0.4, 0.5) is 4.39 Å². The SMILES string of the molecule is COC(=O)[C@]1(c2ccc(F)cc2)C(=O)N(Cc2ccccc2)[C@@H]1c1ccc(OC)cc1. The van der Waals surface area contributed by atoms with Gasteiger partial charge in [0.05, 0.1) is 20.3 Å². The third-order valence-electron chi connectivity index (χ3n) is 5.75. The quantitative estimate of drug-likeness (QED) is 0.344. The molecule has 1 aliphatic heterocycles. The van der Waals surface area contributed by atoms with Crippen LogP contribution in [0.1, 0.15) is 22.7 Å². The van der Waals surface area contributed by atoms with Crippen LogP contribution in [0.25, 0.3) is 0 Å². The van der Waals surface area contributed by atoms with E-state index in [0.717, 1.165) is 11.1 Å². The monoisotopic (exact) mass is 419 g/mol. The van der Waals surface area contributed by atoms with Gasteiger partial charge < -0.3 is 14.4 Å². The van der Waals surface area contributed by atoms with Crippen molar-refractivity contribution in [3.8, 4) is 5.75 Å². The predicted molar refractivity (Wildman–Crippen MR) is 113 cm³/mol. The number of rotatable bonds is 6. The largest absolute Gasteiger partial charge is 0.497 e. The first-order chi connectivity index (χ1) is 15.0. The molecule has 3 aromatic carbocycles. The van der Waals surface area contributed by atoms with Gasteiger partial charge in [0.2, 0.25) is 5.91 Å². The Kier molecular flexibility index (Phi) is 5.46. The van der Waals surface area contributed by atoms with E-state index < -0.39 is 23.2 Å². The van der Waals surface area contributed by atoms with Gasteiger partial charge >= 0.3 is 5.97 Å². The number of nitrogens with zero attached hydrogens (tertiary/aromatic N) is 1. The smallest absolute Gasteiger partial charge is 0.328 e. The molecule has 158 valence electrons. The molecule has 6 heteroatoms. The molecule has 1 amide bonds. The fraction of sp³-hybridized carbons (Fsp3) is 0.200. The van der Waals surface area contributed by atoms with E-state index in [2.05, 4.69) is 0 Å². The molecule has 2 atom stereocenters. The van der Waals surface area contributed by atoms with Gasteiger partial charge in [-0.15, -0.1) is 0 Å². The van der Waals surface area contributed by atoms with Crippen LogP contribution in [0.15, 0.2) is 78.9 Å². The van der Waals surface area contributed by atoms with Crippen LogP contribution >= 0.6 is 0 Å². The highest BCUT2D eigenvalue weighted by atomic mass is 19.1. The van der Waals surface area contributed by atoms with Gasteiger partial charge in [0.25, 0.3) is 0 Å². The molecule has 3 aromatic rings. The summed E-state index contributed by atoms with van der Waals surface area (Å²) < 4.78 is 24.0. The summed E-state index contributed by atoms with van der Waals surface area (Å²) in [6, 6.07) is 21.6.